The maximum atomic E-state index is 11.6. The van der Waals surface area contributed by atoms with E-state index in [1.54, 1.807) is 19.3 Å². The monoisotopic (exact) mass is 381 g/mol. The van der Waals surface area contributed by atoms with Gasteiger partial charge in [0.2, 0.25) is 5.91 Å². The molecular weight excluding hydrogens is 358 g/mol. The Bertz CT molecular complexity index is 917. The molecular formula is C20H23N5OS. The van der Waals surface area contributed by atoms with Crippen molar-refractivity contribution in [2.45, 2.75) is 44.0 Å². The molecule has 0 radical (unpaired) electrons. The van der Waals surface area contributed by atoms with Crippen LogP contribution < -0.4 is 5.73 Å². The summed E-state index contributed by atoms with van der Waals surface area (Å²) in [5.74, 6) is 0.329. The molecule has 6 nitrogen and oxygen atoms in total. The highest BCUT2D eigenvalue weighted by atomic mass is 32.2. The van der Waals surface area contributed by atoms with Crippen LogP contribution in [0.15, 0.2) is 47.9 Å². The molecule has 1 unspecified atom stereocenters. The minimum absolute atomic E-state index is 0.378. The molecule has 1 amide bonds. The van der Waals surface area contributed by atoms with Gasteiger partial charge in [-0.1, -0.05) is 43.8 Å². The highest BCUT2D eigenvalue weighted by Gasteiger charge is 2.23. The minimum atomic E-state index is -0.409. The van der Waals surface area contributed by atoms with E-state index in [1.807, 2.05) is 16.7 Å². The van der Waals surface area contributed by atoms with Crippen LogP contribution in [0.25, 0.3) is 17.1 Å². The number of thioether (sulfide) groups is 1. The number of aryl methyl sites for hydroxylation is 2. The van der Waals surface area contributed by atoms with E-state index in [1.165, 1.54) is 22.9 Å². The van der Waals surface area contributed by atoms with E-state index in [0.29, 0.717) is 11.0 Å². The summed E-state index contributed by atoms with van der Waals surface area (Å²) >= 11 is 1.32. The van der Waals surface area contributed by atoms with Crippen LogP contribution in [0.4, 0.5) is 0 Å². The number of carbonyl (C=O) groups excluding carboxylic acids is 1. The lowest BCUT2D eigenvalue weighted by atomic mass is 10.0. The number of nitrogens with two attached hydrogens (primary N) is 1. The number of para-hydroxylation sites is 1. The molecule has 27 heavy (non-hydrogen) atoms. The zero-order valence-corrected chi connectivity index (χ0v) is 16.5. The van der Waals surface area contributed by atoms with Crippen LogP contribution in [-0.4, -0.2) is 30.9 Å². The molecule has 0 saturated carbocycles. The van der Waals surface area contributed by atoms with E-state index in [-0.39, 0.29) is 5.91 Å². The van der Waals surface area contributed by atoms with Crippen LogP contribution in [0.2, 0.25) is 0 Å². The Morgan fingerprint density at radius 1 is 1.15 bits per heavy atom. The summed E-state index contributed by atoms with van der Waals surface area (Å²) < 4.78 is 2.04. The lowest BCUT2D eigenvalue weighted by Gasteiger charge is -2.18. The van der Waals surface area contributed by atoms with Crippen molar-refractivity contribution in [2.24, 2.45) is 5.73 Å². The highest BCUT2D eigenvalue weighted by molar-refractivity contribution is 8.00. The Hall–Kier alpha value is -2.67. The number of benzene rings is 1. The Kier molecular flexibility index (Phi) is 5.91. The first-order valence-corrected chi connectivity index (χ1v) is 9.87. The largest absolute Gasteiger partial charge is 0.369 e. The van der Waals surface area contributed by atoms with Crippen molar-refractivity contribution >= 4 is 17.7 Å². The first kappa shape index (κ1) is 19.1. The molecule has 2 N–H and O–H groups in total. The van der Waals surface area contributed by atoms with Gasteiger partial charge in [-0.2, -0.15) is 0 Å². The molecule has 0 aliphatic carbocycles. The minimum Gasteiger partial charge on any atom is -0.369 e. The smallest absolute Gasteiger partial charge is 0.230 e. The van der Waals surface area contributed by atoms with Gasteiger partial charge in [-0.15, -0.1) is 10.2 Å². The van der Waals surface area contributed by atoms with Gasteiger partial charge in [0.25, 0.3) is 0 Å². The molecule has 3 rings (SSSR count). The number of amides is 1. The molecule has 0 saturated heterocycles. The van der Waals surface area contributed by atoms with Gasteiger partial charge in [0.1, 0.15) is 0 Å². The summed E-state index contributed by atoms with van der Waals surface area (Å²) in [7, 11) is 0. The normalized spacial score (nSPS) is 12.1. The third-order valence-corrected chi connectivity index (χ3v) is 5.49. The number of rotatable bonds is 7. The third kappa shape index (κ3) is 3.88. The van der Waals surface area contributed by atoms with Gasteiger partial charge in [0.15, 0.2) is 11.0 Å². The predicted molar refractivity (Wildman–Crippen MR) is 108 cm³/mol. The average Bonchev–Trinajstić information content (AvgIpc) is 3.10. The molecule has 0 aliphatic heterocycles. The third-order valence-electron chi connectivity index (χ3n) is 4.42. The zero-order chi connectivity index (χ0) is 19.4. The molecule has 0 fully saturated rings. The summed E-state index contributed by atoms with van der Waals surface area (Å²) in [5.41, 5.74) is 9.83. The molecule has 2 heterocycles. The van der Waals surface area contributed by atoms with Gasteiger partial charge in [0.05, 0.1) is 10.9 Å². The van der Waals surface area contributed by atoms with Crippen molar-refractivity contribution < 1.29 is 4.79 Å². The number of aromatic nitrogens is 4. The number of hydrogen-bond acceptors (Lipinski definition) is 5. The van der Waals surface area contributed by atoms with Crippen molar-refractivity contribution in [2.75, 3.05) is 0 Å². The molecule has 2 aromatic heterocycles. The van der Waals surface area contributed by atoms with Gasteiger partial charge in [-0.25, -0.2) is 0 Å². The second-order valence-corrected chi connectivity index (χ2v) is 7.49. The lowest BCUT2D eigenvalue weighted by molar-refractivity contribution is -0.117. The maximum Gasteiger partial charge on any atom is 0.230 e. The lowest BCUT2D eigenvalue weighted by Crippen LogP contribution is -2.23. The molecule has 3 aromatic rings. The topological polar surface area (TPSA) is 86.7 Å². The Balaban J connectivity index is 2.26. The summed E-state index contributed by atoms with van der Waals surface area (Å²) in [4.78, 5) is 15.8. The number of nitrogens with zero attached hydrogens (tertiary/aromatic N) is 4. The van der Waals surface area contributed by atoms with E-state index in [0.717, 1.165) is 24.1 Å². The second-order valence-electron chi connectivity index (χ2n) is 6.18. The van der Waals surface area contributed by atoms with Crippen molar-refractivity contribution in [1.29, 1.82) is 0 Å². The van der Waals surface area contributed by atoms with Crippen molar-refractivity contribution in [3.05, 3.63) is 53.9 Å². The van der Waals surface area contributed by atoms with Crippen molar-refractivity contribution in [3.63, 3.8) is 0 Å². The SMILES string of the molecule is CCc1cccc(CC)c1-n1c(SC(C)C(N)=O)nnc1-c1cccnc1. The number of pyridine rings is 1. The average molecular weight is 382 g/mol. The van der Waals surface area contributed by atoms with Crippen LogP contribution >= 0.6 is 11.8 Å². The van der Waals surface area contributed by atoms with Crippen LogP contribution in [0.1, 0.15) is 31.9 Å². The number of hydrogen-bond donors (Lipinski definition) is 1. The molecule has 0 bridgehead atoms. The molecule has 140 valence electrons. The van der Waals surface area contributed by atoms with Gasteiger partial charge < -0.3 is 5.73 Å². The highest BCUT2D eigenvalue weighted by Crippen LogP contribution is 2.33. The van der Waals surface area contributed by atoms with Crippen LogP contribution in [-0.2, 0) is 17.6 Å². The molecule has 1 atom stereocenters. The zero-order valence-electron chi connectivity index (χ0n) is 15.7. The Labute approximate surface area is 163 Å². The summed E-state index contributed by atoms with van der Waals surface area (Å²) in [6.45, 7) is 6.04. The molecule has 0 spiro atoms. The number of primary amides is 1. The van der Waals surface area contributed by atoms with Gasteiger partial charge in [-0.3, -0.25) is 14.3 Å². The first-order valence-electron chi connectivity index (χ1n) is 8.99. The van der Waals surface area contributed by atoms with Gasteiger partial charge in [-0.05, 0) is 43.0 Å². The predicted octanol–water partition coefficient (Wildman–Crippen LogP) is 3.42. The summed E-state index contributed by atoms with van der Waals surface area (Å²) in [6, 6.07) is 10.1. The maximum absolute atomic E-state index is 11.6. The Morgan fingerprint density at radius 3 is 2.41 bits per heavy atom. The standard InChI is InChI=1S/C20H23N5OS/c1-4-14-8-6-9-15(5-2)17(14)25-19(16-10-7-11-22-12-16)23-24-20(25)27-13(3)18(21)26/h6-13H,4-5H2,1-3H3,(H2,21,26). The molecule has 0 aliphatic rings. The molecule has 1 aromatic carbocycles. The number of carbonyl (C=O) groups is 1. The van der Waals surface area contributed by atoms with E-state index >= 15 is 0 Å². The van der Waals surface area contributed by atoms with Crippen LogP contribution in [0.3, 0.4) is 0 Å². The Morgan fingerprint density at radius 2 is 1.85 bits per heavy atom. The first-order chi connectivity index (χ1) is 13.1. The van der Waals surface area contributed by atoms with Crippen LogP contribution in [0, 0.1) is 0 Å². The van der Waals surface area contributed by atoms with E-state index < -0.39 is 5.25 Å². The van der Waals surface area contributed by atoms with Gasteiger partial charge >= 0.3 is 0 Å². The van der Waals surface area contributed by atoms with E-state index in [9.17, 15) is 4.79 Å². The van der Waals surface area contributed by atoms with E-state index in [2.05, 4.69) is 47.2 Å². The summed E-state index contributed by atoms with van der Waals surface area (Å²) in [5, 5.41) is 9.05. The second kappa shape index (κ2) is 8.35. The van der Waals surface area contributed by atoms with Crippen LogP contribution in [0.5, 0.6) is 0 Å². The van der Waals surface area contributed by atoms with Gasteiger partial charge in [0, 0.05) is 18.0 Å². The quantitative estimate of drug-likeness (QED) is 0.634. The fourth-order valence-corrected chi connectivity index (χ4v) is 3.75. The summed E-state index contributed by atoms with van der Waals surface area (Å²) in [6.07, 6.45) is 5.26. The van der Waals surface area contributed by atoms with Crippen molar-refractivity contribution in [1.82, 2.24) is 19.7 Å². The fourth-order valence-electron chi connectivity index (χ4n) is 2.95. The van der Waals surface area contributed by atoms with E-state index in [4.69, 9.17) is 5.73 Å². The molecule has 7 heteroatoms. The van der Waals surface area contributed by atoms with Crippen molar-refractivity contribution in [3.8, 4) is 17.1 Å². The fraction of sp³-hybridized carbons (Fsp3) is 0.300.